The number of carbonyl (C=O) groups is 1. The van der Waals surface area contributed by atoms with E-state index in [9.17, 15) is 9.18 Å². The maximum Gasteiger partial charge on any atom is 0.233 e. The normalized spacial score (nSPS) is 10.4. The maximum absolute atomic E-state index is 13.0. The number of methoxy groups -OCH3 is 1. The Balaban J connectivity index is 1.40. The largest absolute Gasteiger partial charge is 0.497 e. The molecule has 0 aliphatic heterocycles. The van der Waals surface area contributed by atoms with Gasteiger partial charge in [0.05, 0.1) is 25.8 Å². The summed E-state index contributed by atoms with van der Waals surface area (Å²) < 4.78 is 23.5. The number of nitrogens with zero attached hydrogens (tertiary/aromatic N) is 2. The number of hydrogen-bond acceptors (Lipinski definition) is 5. The number of nitrogens with one attached hydrogen (secondary N) is 1. The van der Waals surface area contributed by atoms with E-state index in [1.807, 2.05) is 24.3 Å². The molecule has 0 unspecified atom stereocenters. The first-order valence-corrected chi connectivity index (χ1v) is 8.76. The minimum Gasteiger partial charge on any atom is -0.497 e. The quantitative estimate of drug-likeness (QED) is 0.607. The lowest BCUT2D eigenvalue weighted by atomic mass is 10.1. The Kier molecular flexibility index (Phi) is 6.51. The zero-order chi connectivity index (χ0) is 19.8. The molecule has 28 heavy (non-hydrogen) atoms. The van der Waals surface area contributed by atoms with E-state index >= 15 is 0 Å². The summed E-state index contributed by atoms with van der Waals surface area (Å²) in [7, 11) is 1.60. The van der Waals surface area contributed by atoms with Crippen LogP contribution >= 0.6 is 0 Å². The molecule has 1 amide bonds. The lowest BCUT2D eigenvalue weighted by molar-refractivity contribution is -0.120. The first kappa shape index (κ1) is 19.3. The van der Waals surface area contributed by atoms with Crippen LogP contribution in [0.5, 0.6) is 11.6 Å². The molecule has 6 nitrogen and oxygen atoms in total. The lowest BCUT2D eigenvalue weighted by Gasteiger charge is -2.08. The van der Waals surface area contributed by atoms with E-state index in [4.69, 9.17) is 9.47 Å². The molecular weight excluding hydrogens is 361 g/mol. The lowest BCUT2D eigenvalue weighted by Crippen LogP contribution is -2.29. The molecule has 0 atom stereocenters. The van der Waals surface area contributed by atoms with E-state index < -0.39 is 0 Å². The van der Waals surface area contributed by atoms with Gasteiger partial charge in [0.1, 0.15) is 18.2 Å². The van der Waals surface area contributed by atoms with E-state index in [1.165, 1.54) is 12.1 Å². The molecule has 1 N–H and O–H groups in total. The number of carbonyl (C=O) groups excluding carboxylic acids is 1. The Morgan fingerprint density at radius 3 is 2.39 bits per heavy atom. The second kappa shape index (κ2) is 9.45. The molecule has 7 heteroatoms. The van der Waals surface area contributed by atoms with E-state index in [1.54, 1.807) is 31.4 Å². The van der Waals surface area contributed by atoms with Crippen molar-refractivity contribution in [3.63, 3.8) is 0 Å². The van der Waals surface area contributed by atoms with Gasteiger partial charge < -0.3 is 14.8 Å². The molecule has 2 aromatic carbocycles. The third kappa shape index (κ3) is 5.51. The van der Waals surface area contributed by atoms with Gasteiger partial charge in [-0.15, -0.1) is 10.2 Å². The SMILES string of the molecule is COc1ccc(CC(=O)NCCOc2ccc(-c3ccc(F)cc3)nn2)cc1. The molecule has 0 radical (unpaired) electrons. The second-order valence-corrected chi connectivity index (χ2v) is 5.99. The minimum atomic E-state index is -0.300. The van der Waals surface area contributed by atoms with E-state index in [0.717, 1.165) is 16.9 Å². The van der Waals surface area contributed by atoms with Crippen LogP contribution in [-0.2, 0) is 11.2 Å². The van der Waals surface area contributed by atoms with Crippen LogP contribution in [0.2, 0.25) is 0 Å². The number of ether oxygens (including phenoxy) is 2. The molecule has 0 saturated carbocycles. The third-order valence-corrected chi connectivity index (χ3v) is 3.98. The smallest absolute Gasteiger partial charge is 0.233 e. The summed E-state index contributed by atoms with van der Waals surface area (Å²) in [4.78, 5) is 12.0. The summed E-state index contributed by atoms with van der Waals surface area (Å²) in [5.74, 6) is 0.719. The maximum atomic E-state index is 13.0. The molecule has 0 fully saturated rings. The molecule has 144 valence electrons. The van der Waals surface area contributed by atoms with Crippen molar-refractivity contribution in [1.82, 2.24) is 15.5 Å². The highest BCUT2D eigenvalue weighted by Crippen LogP contribution is 2.18. The van der Waals surface area contributed by atoms with Gasteiger partial charge in [-0.2, -0.15) is 0 Å². The highest BCUT2D eigenvalue weighted by atomic mass is 19.1. The van der Waals surface area contributed by atoms with Crippen LogP contribution in [0.25, 0.3) is 11.3 Å². The van der Waals surface area contributed by atoms with Gasteiger partial charge in [0.2, 0.25) is 11.8 Å². The van der Waals surface area contributed by atoms with Crippen molar-refractivity contribution in [3.05, 3.63) is 72.0 Å². The van der Waals surface area contributed by atoms with E-state index in [2.05, 4.69) is 15.5 Å². The summed E-state index contributed by atoms with van der Waals surface area (Å²) in [6.45, 7) is 0.634. The Bertz CT molecular complexity index is 898. The van der Waals surface area contributed by atoms with Crippen LogP contribution in [0.15, 0.2) is 60.7 Å². The fraction of sp³-hybridized carbons (Fsp3) is 0.190. The van der Waals surface area contributed by atoms with Gasteiger partial charge in [-0.3, -0.25) is 4.79 Å². The Morgan fingerprint density at radius 2 is 1.75 bits per heavy atom. The zero-order valence-electron chi connectivity index (χ0n) is 15.4. The predicted octanol–water partition coefficient (Wildman–Crippen LogP) is 3.03. The fourth-order valence-electron chi connectivity index (χ4n) is 2.51. The first-order chi connectivity index (χ1) is 13.6. The van der Waals surface area contributed by atoms with E-state index in [0.29, 0.717) is 18.1 Å². The van der Waals surface area contributed by atoms with Crippen molar-refractivity contribution < 1.29 is 18.7 Å². The van der Waals surface area contributed by atoms with Crippen molar-refractivity contribution >= 4 is 5.91 Å². The number of aromatic nitrogens is 2. The molecule has 3 rings (SSSR count). The highest BCUT2D eigenvalue weighted by molar-refractivity contribution is 5.78. The molecule has 1 heterocycles. The van der Waals surface area contributed by atoms with Gasteiger partial charge in [0.15, 0.2) is 0 Å². The number of halogens is 1. The van der Waals surface area contributed by atoms with Gasteiger partial charge in [0, 0.05) is 11.6 Å². The van der Waals surface area contributed by atoms with Gasteiger partial charge in [-0.25, -0.2) is 4.39 Å². The Labute approximate surface area is 162 Å². The Hall–Kier alpha value is -3.48. The van der Waals surface area contributed by atoms with Gasteiger partial charge in [0.25, 0.3) is 0 Å². The molecule has 0 aliphatic rings. The molecule has 0 spiro atoms. The Morgan fingerprint density at radius 1 is 1.00 bits per heavy atom. The average molecular weight is 381 g/mol. The molecule has 0 saturated heterocycles. The summed E-state index contributed by atoms with van der Waals surface area (Å²) in [5, 5.41) is 10.8. The number of amides is 1. The van der Waals surface area contributed by atoms with Crippen LogP contribution in [0, 0.1) is 5.82 Å². The van der Waals surface area contributed by atoms with Crippen molar-refractivity contribution in [2.45, 2.75) is 6.42 Å². The highest BCUT2D eigenvalue weighted by Gasteiger charge is 2.05. The van der Waals surface area contributed by atoms with Crippen molar-refractivity contribution in [3.8, 4) is 22.9 Å². The monoisotopic (exact) mass is 381 g/mol. The first-order valence-electron chi connectivity index (χ1n) is 8.76. The predicted molar refractivity (Wildman–Crippen MR) is 103 cm³/mol. The molecule has 1 aromatic heterocycles. The van der Waals surface area contributed by atoms with Gasteiger partial charge >= 0.3 is 0 Å². The van der Waals surface area contributed by atoms with Crippen molar-refractivity contribution in [2.75, 3.05) is 20.3 Å². The van der Waals surface area contributed by atoms with Crippen LogP contribution in [0.4, 0.5) is 4.39 Å². The van der Waals surface area contributed by atoms with Crippen molar-refractivity contribution in [1.29, 1.82) is 0 Å². The summed E-state index contributed by atoms with van der Waals surface area (Å²) in [5.41, 5.74) is 2.30. The standard InChI is InChI=1S/C21H20FN3O3/c1-27-18-8-2-15(3-9-18)14-20(26)23-12-13-28-21-11-10-19(24-25-21)16-4-6-17(22)7-5-16/h2-11H,12-14H2,1H3,(H,23,26). The van der Waals surface area contributed by atoms with Crippen LogP contribution in [0.1, 0.15) is 5.56 Å². The summed E-state index contributed by atoms with van der Waals surface area (Å²) in [6.07, 6.45) is 0.288. The molecule has 0 aliphatic carbocycles. The zero-order valence-corrected chi connectivity index (χ0v) is 15.4. The number of rotatable bonds is 8. The second-order valence-electron chi connectivity index (χ2n) is 5.99. The topological polar surface area (TPSA) is 73.3 Å². The summed E-state index contributed by atoms with van der Waals surface area (Å²) in [6, 6.07) is 16.8. The van der Waals surface area contributed by atoms with Crippen LogP contribution in [-0.4, -0.2) is 36.4 Å². The molecule has 3 aromatic rings. The van der Waals surface area contributed by atoms with E-state index in [-0.39, 0.29) is 24.8 Å². The minimum absolute atomic E-state index is 0.0912. The third-order valence-electron chi connectivity index (χ3n) is 3.98. The van der Waals surface area contributed by atoms with Crippen LogP contribution in [0.3, 0.4) is 0 Å². The number of hydrogen-bond donors (Lipinski definition) is 1. The summed E-state index contributed by atoms with van der Waals surface area (Å²) >= 11 is 0. The molecule has 0 bridgehead atoms. The fourth-order valence-corrected chi connectivity index (χ4v) is 2.51. The number of benzene rings is 2. The molecular formula is C21H20FN3O3. The van der Waals surface area contributed by atoms with Crippen molar-refractivity contribution in [2.24, 2.45) is 0 Å². The van der Waals surface area contributed by atoms with Gasteiger partial charge in [-0.1, -0.05) is 12.1 Å². The van der Waals surface area contributed by atoms with Crippen LogP contribution < -0.4 is 14.8 Å². The van der Waals surface area contributed by atoms with Gasteiger partial charge in [-0.05, 0) is 48.0 Å². The average Bonchev–Trinajstić information content (AvgIpc) is 2.73.